The van der Waals surface area contributed by atoms with Gasteiger partial charge in [0, 0.05) is 5.54 Å². The van der Waals surface area contributed by atoms with Gasteiger partial charge in [0.1, 0.15) is 0 Å². The summed E-state index contributed by atoms with van der Waals surface area (Å²) in [4.78, 5) is 2.16. The van der Waals surface area contributed by atoms with Crippen LogP contribution in [0.5, 0.6) is 0 Å². The summed E-state index contributed by atoms with van der Waals surface area (Å²) in [5.74, 6) is 0. The lowest BCUT2D eigenvalue weighted by molar-refractivity contribution is 0.0548. The minimum Gasteiger partial charge on any atom is -0.394 e. The summed E-state index contributed by atoms with van der Waals surface area (Å²) in [6.45, 7) is 4.61. The zero-order chi connectivity index (χ0) is 9.61. The van der Waals surface area contributed by atoms with Crippen LogP contribution in [-0.2, 0) is 0 Å². The molecule has 2 nitrogen and oxygen atoms in total. The molecule has 0 aromatic rings. The van der Waals surface area contributed by atoms with E-state index in [9.17, 15) is 5.11 Å². The van der Waals surface area contributed by atoms with Gasteiger partial charge >= 0.3 is 0 Å². The maximum atomic E-state index is 9.33. The van der Waals surface area contributed by atoms with Crippen molar-refractivity contribution in [1.29, 1.82) is 0 Å². The first kappa shape index (κ1) is 11.9. The summed E-state index contributed by atoms with van der Waals surface area (Å²) in [7, 11) is 4.10. The van der Waals surface area contributed by atoms with Gasteiger partial charge in [0.05, 0.1) is 6.61 Å². The van der Waals surface area contributed by atoms with Gasteiger partial charge < -0.3 is 10.0 Å². The number of hydrogen-bond donors (Lipinski definition) is 1. The molecule has 0 aliphatic heterocycles. The minimum absolute atomic E-state index is 0.0238. The van der Waals surface area contributed by atoms with Gasteiger partial charge in [0.15, 0.2) is 0 Å². The second kappa shape index (κ2) is 5.55. The fourth-order valence-electron chi connectivity index (χ4n) is 1.55. The Bertz CT molecular complexity index is 108. The molecule has 2 heteroatoms. The lowest BCUT2D eigenvalue weighted by Gasteiger charge is -2.37. The first-order valence-electron chi connectivity index (χ1n) is 4.91. The summed E-state index contributed by atoms with van der Waals surface area (Å²) >= 11 is 0. The standard InChI is InChI=1S/C10H23NO/c1-5-7-8-10(6-2,9-12)11(3)4/h12H,5-9H2,1-4H3. The largest absolute Gasteiger partial charge is 0.394 e. The highest BCUT2D eigenvalue weighted by atomic mass is 16.3. The fourth-order valence-corrected chi connectivity index (χ4v) is 1.55. The van der Waals surface area contributed by atoms with Gasteiger partial charge in [-0.2, -0.15) is 0 Å². The van der Waals surface area contributed by atoms with Crippen molar-refractivity contribution in [3.8, 4) is 0 Å². The van der Waals surface area contributed by atoms with Gasteiger partial charge in [-0.15, -0.1) is 0 Å². The predicted octanol–water partition coefficient (Wildman–Crippen LogP) is 1.88. The van der Waals surface area contributed by atoms with E-state index in [1.54, 1.807) is 0 Å². The summed E-state index contributed by atoms with van der Waals surface area (Å²) < 4.78 is 0. The predicted molar refractivity (Wildman–Crippen MR) is 53.3 cm³/mol. The van der Waals surface area contributed by atoms with Gasteiger partial charge in [-0.3, -0.25) is 0 Å². The van der Waals surface area contributed by atoms with Crippen LogP contribution in [0.15, 0.2) is 0 Å². The van der Waals surface area contributed by atoms with E-state index in [4.69, 9.17) is 0 Å². The van der Waals surface area contributed by atoms with E-state index >= 15 is 0 Å². The number of hydrogen-bond acceptors (Lipinski definition) is 2. The third-order valence-corrected chi connectivity index (χ3v) is 2.90. The third kappa shape index (κ3) is 2.76. The first-order chi connectivity index (χ1) is 5.63. The molecule has 12 heavy (non-hydrogen) atoms. The lowest BCUT2D eigenvalue weighted by atomic mass is 9.89. The average molecular weight is 173 g/mol. The zero-order valence-electron chi connectivity index (χ0n) is 8.93. The molecule has 0 spiro atoms. The van der Waals surface area contributed by atoms with Crippen molar-refractivity contribution in [2.45, 2.75) is 45.1 Å². The van der Waals surface area contributed by atoms with Crippen LogP contribution < -0.4 is 0 Å². The Labute approximate surface area is 76.6 Å². The monoisotopic (exact) mass is 173 g/mol. The topological polar surface area (TPSA) is 23.5 Å². The second-order valence-electron chi connectivity index (χ2n) is 3.73. The maximum Gasteiger partial charge on any atom is 0.0615 e. The molecule has 1 unspecified atom stereocenters. The van der Waals surface area contributed by atoms with E-state index in [0.717, 1.165) is 12.8 Å². The number of rotatable bonds is 6. The van der Waals surface area contributed by atoms with Crippen molar-refractivity contribution in [1.82, 2.24) is 4.90 Å². The molecule has 0 aliphatic rings. The molecular formula is C10H23NO. The molecule has 0 rings (SSSR count). The van der Waals surface area contributed by atoms with Crippen molar-refractivity contribution in [2.24, 2.45) is 0 Å². The van der Waals surface area contributed by atoms with Gasteiger partial charge in [0.25, 0.3) is 0 Å². The Kier molecular flexibility index (Phi) is 5.51. The highest BCUT2D eigenvalue weighted by Gasteiger charge is 2.28. The van der Waals surface area contributed by atoms with Crippen molar-refractivity contribution in [2.75, 3.05) is 20.7 Å². The molecule has 0 heterocycles. The number of unbranched alkanes of at least 4 members (excludes halogenated alkanes) is 1. The van der Waals surface area contributed by atoms with Crippen LogP contribution in [-0.4, -0.2) is 36.2 Å². The van der Waals surface area contributed by atoms with E-state index in [1.165, 1.54) is 12.8 Å². The molecule has 0 bridgehead atoms. The number of aliphatic hydroxyl groups is 1. The normalized spacial score (nSPS) is 16.5. The van der Waals surface area contributed by atoms with E-state index in [-0.39, 0.29) is 12.1 Å². The van der Waals surface area contributed by atoms with Crippen LogP contribution in [0.3, 0.4) is 0 Å². The number of nitrogens with zero attached hydrogens (tertiary/aromatic N) is 1. The second-order valence-corrected chi connectivity index (χ2v) is 3.73. The van der Waals surface area contributed by atoms with Gasteiger partial charge in [-0.05, 0) is 26.9 Å². The Morgan fingerprint density at radius 2 is 1.83 bits per heavy atom. The van der Waals surface area contributed by atoms with Crippen molar-refractivity contribution >= 4 is 0 Å². The molecule has 0 aromatic heterocycles. The molecule has 0 amide bonds. The van der Waals surface area contributed by atoms with Crippen molar-refractivity contribution in [3.05, 3.63) is 0 Å². The molecule has 74 valence electrons. The minimum atomic E-state index is 0.0238. The third-order valence-electron chi connectivity index (χ3n) is 2.90. The van der Waals surface area contributed by atoms with Gasteiger partial charge in [-0.1, -0.05) is 26.7 Å². The fraction of sp³-hybridized carbons (Fsp3) is 1.00. The molecule has 0 saturated carbocycles. The summed E-state index contributed by atoms with van der Waals surface area (Å²) in [6, 6.07) is 0. The SMILES string of the molecule is CCCCC(CC)(CO)N(C)C. The van der Waals surface area contributed by atoms with E-state index < -0.39 is 0 Å². The Balaban J connectivity index is 4.15. The summed E-state index contributed by atoms with van der Waals surface area (Å²) in [5.41, 5.74) is 0.0238. The first-order valence-corrected chi connectivity index (χ1v) is 4.91. The Morgan fingerprint density at radius 1 is 1.25 bits per heavy atom. The number of aliphatic hydroxyl groups excluding tert-OH is 1. The van der Waals surface area contributed by atoms with E-state index in [2.05, 4.69) is 32.8 Å². The molecule has 0 fully saturated rings. The highest BCUT2D eigenvalue weighted by molar-refractivity contribution is 4.85. The van der Waals surface area contributed by atoms with E-state index in [1.807, 2.05) is 0 Å². The summed E-state index contributed by atoms with van der Waals surface area (Å²) in [6.07, 6.45) is 4.53. The van der Waals surface area contributed by atoms with Crippen LogP contribution in [0.2, 0.25) is 0 Å². The van der Waals surface area contributed by atoms with Crippen LogP contribution in [0.4, 0.5) is 0 Å². The zero-order valence-corrected chi connectivity index (χ0v) is 8.93. The molecular weight excluding hydrogens is 150 g/mol. The smallest absolute Gasteiger partial charge is 0.0615 e. The van der Waals surface area contributed by atoms with Crippen LogP contribution >= 0.6 is 0 Å². The van der Waals surface area contributed by atoms with Gasteiger partial charge in [-0.25, -0.2) is 0 Å². The molecule has 0 radical (unpaired) electrons. The van der Waals surface area contributed by atoms with Crippen LogP contribution in [0.25, 0.3) is 0 Å². The highest BCUT2D eigenvalue weighted by Crippen LogP contribution is 2.23. The molecule has 0 aromatic carbocycles. The maximum absolute atomic E-state index is 9.33. The summed E-state index contributed by atoms with van der Waals surface area (Å²) in [5, 5.41) is 9.33. The van der Waals surface area contributed by atoms with Crippen molar-refractivity contribution in [3.63, 3.8) is 0 Å². The molecule has 1 atom stereocenters. The molecule has 1 N–H and O–H groups in total. The number of likely N-dealkylation sites (N-methyl/N-ethyl adjacent to an activating group) is 1. The van der Waals surface area contributed by atoms with Gasteiger partial charge in [0.2, 0.25) is 0 Å². The van der Waals surface area contributed by atoms with Crippen molar-refractivity contribution < 1.29 is 5.11 Å². The van der Waals surface area contributed by atoms with Crippen LogP contribution in [0.1, 0.15) is 39.5 Å². The van der Waals surface area contributed by atoms with E-state index in [0.29, 0.717) is 0 Å². The Morgan fingerprint density at radius 3 is 2.08 bits per heavy atom. The lowest BCUT2D eigenvalue weighted by Crippen LogP contribution is -2.46. The van der Waals surface area contributed by atoms with Crippen LogP contribution in [0, 0.1) is 0 Å². The molecule has 0 saturated heterocycles. The quantitative estimate of drug-likeness (QED) is 0.663. The Hall–Kier alpha value is -0.0800. The average Bonchev–Trinajstić information content (AvgIpc) is 2.07. The molecule has 0 aliphatic carbocycles.